The van der Waals surface area contributed by atoms with Gasteiger partial charge in [-0.15, -0.1) is 0 Å². The van der Waals surface area contributed by atoms with Gasteiger partial charge in [-0.25, -0.2) is 4.68 Å². The van der Waals surface area contributed by atoms with Crippen LogP contribution in [0.5, 0.6) is 0 Å². The molecule has 0 radical (unpaired) electrons. The van der Waals surface area contributed by atoms with Gasteiger partial charge >= 0.3 is 0 Å². The maximum absolute atomic E-state index is 5.88. The monoisotopic (exact) mass is 293 g/mol. The lowest BCUT2D eigenvalue weighted by molar-refractivity contribution is 0.726. The summed E-state index contributed by atoms with van der Waals surface area (Å²) in [6, 6.07) is 8.33. The fourth-order valence-electron chi connectivity index (χ4n) is 1.84. The molecule has 0 spiro atoms. The van der Waals surface area contributed by atoms with Crippen LogP contribution in [-0.4, -0.2) is 15.8 Å². The average Bonchev–Trinajstić information content (AvgIpc) is 2.64. The Hall–Kier alpha value is -1.13. The second-order valence-electron chi connectivity index (χ2n) is 4.36. The van der Waals surface area contributed by atoms with Gasteiger partial charge in [-0.3, -0.25) is 0 Å². The maximum atomic E-state index is 5.88. The minimum Gasteiger partial charge on any atom is -0.328 e. The Morgan fingerprint density at radius 1 is 1.41 bits per heavy atom. The summed E-state index contributed by atoms with van der Waals surface area (Å²) in [6.07, 6.45) is 2.82. The second kappa shape index (κ2) is 5.02. The largest absolute Gasteiger partial charge is 0.328 e. The van der Waals surface area contributed by atoms with E-state index in [0.717, 1.165) is 22.3 Å². The molecule has 2 N–H and O–H groups in total. The van der Waals surface area contributed by atoms with E-state index in [0.29, 0.717) is 0 Å². The van der Waals surface area contributed by atoms with Crippen molar-refractivity contribution in [1.82, 2.24) is 9.78 Å². The van der Waals surface area contributed by atoms with Crippen LogP contribution >= 0.6 is 15.9 Å². The van der Waals surface area contributed by atoms with E-state index in [9.17, 15) is 0 Å². The highest BCUT2D eigenvalue weighted by Gasteiger charge is 2.08. The zero-order valence-corrected chi connectivity index (χ0v) is 11.6. The van der Waals surface area contributed by atoms with Crippen molar-refractivity contribution in [3.63, 3.8) is 0 Å². The molecule has 0 aliphatic carbocycles. The van der Waals surface area contributed by atoms with Crippen molar-refractivity contribution in [1.29, 1.82) is 0 Å². The summed E-state index contributed by atoms with van der Waals surface area (Å²) in [5.41, 5.74) is 9.20. The van der Waals surface area contributed by atoms with Crippen molar-refractivity contribution >= 4 is 15.9 Å². The topological polar surface area (TPSA) is 43.8 Å². The van der Waals surface area contributed by atoms with Gasteiger partial charge in [0.15, 0.2) is 0 Å². The number of hydrogen-bond donors (Lipinski definition) is 1. The lowest BCUT2D eigenvalue weighted by atomic mass is 10.1. The Morgan fingerprint density at radius 3 is 2.76 bits per heavy atom. The summed E-state index contributed by atoms with van der Waals surface area (Å²) in [7, 11) is 0. The van der Waals surface area contributed by atoms with Gasteiger partial charge in [-0.1, -0.05) is 15.9 Å². The quantitative estimate of drug-likeness (QED) is 0.946. The fourth-order valence-corrected chi connectivity index (χ4v) is 2.25. The molecule has 0 aliphatic heterocycles. The molecule has 17 heavy (non-hydrogen) atoms. The highest BCUT2D eigenvalue weighted by Crippen LogP contribution is 2.21. The van der Waals surface area contributed by atoms with E-state index in [1.165, 1.54) is 5.56 Å². The molecule has 1 aromatic heterocycles. The third-order valence-electron chi connectivity index (χ3n) is 2.55. The van der Waals surface area contributed by atoms with Crippen LogP contribution in [0.25, 0.3) is 5.69 Å². The lowest BCUT2D eigenvalue weighted by Gasteiger charge is -2.12. The zero-order valence-electron chi connectivity index (χ0n) is 10.0. The average molecular weight is 294 g/mol. The minimum atomic E-state index is 0.139. The Balaban J connectivity index is 2.45. The van der Waals surface area contributed by atoms with Crippen LogP contribution in [0.2, 0.25) is 0 Å². The van der Waals surface area contributed by atoms with E-state index in [-0.39, 0.29) is 6.04 Å². The molecule has 3 nitrogen and oxygen atoms in total. The van der Waals surface area contributed by atoms with Crippen molar-refractivity contribution in [3.8, 4) is 5.69 Å². The number of nitrogens with two attached hydrogens (primary N) is 1. The standard InChI is InChI=1S/C13H16BrN3/c1-9(15)7-11-8-12(14)3-4-13(11)17-6-5-10(2)16-17/h3-6,8-9H,7,15H2,1-2H3. The minimum absolute atomic E-state index is 0.139. The summed E-state index contributed by atoms with van der Waals surface area (Å²) >= 11 is 3.49. The third kappa shape index (κ3) is 2.96. The first-order valence-electron chi connectivity index (χ1n) is 5.63. The number of aryl methyl sites for hydroxylation is 1. The molecule has 0 saturated carbocycles. The van der Waals surface area contributed by atoms with Gasteiger partial charge in [0.1, 0.15) is 0 Å². The molecule has 1 unspecified atom stereocenters. The lowest BCUT2D eigenvalue weighted by Crippen LogP contribution is -2.19. The molecule has 1 atom stereocenters. The van der Waals surface area contributed by atoms with E-state index in [2.05, 4.69) is 33.2 Å². The maximum Gasteiger partial charge on any atom is 0.0678 e. The van der Waals surface area contributed by atoms with Crippen LogP contribution < -0.4 is 5.73 Å². The summed E-state index contributed by atoms with van der Waals surface area (Å²) in [4.78, 5) is 0. The van der Waals surface area contributed by atoms with Gasteiger partial charge in [0.25, 0.3) is 0 Å². The van der Waals surface area contributed by atoms with Gasteiger partial charge in [0.2, 0.25) is 0 Å². The first-order valence-corrected chi connectivity index (χ1v) is 6.42. The van der Waals surface area contributed by atoms with Crippen molar-refractivity contribution in [2.24, 2.45) is 5.73 Å². The van der Waals surface area contributed by atoms with Crippen LogP contribution in [0.3, 0.4) is 0 Å². The highest BCUT2D eigenvalue weighted by atomic mass is 79.9. The number of halogens is 1. The van der Waals surface area contributed by atoms with Crippen LogP contribution in [0, 0.1) is 6.92 Å². The van der Waals surface area contributed by atoms with Gasteiger partial charge in [-0.2, -0.15) is 5.10 Å². The number of aromatic nitrogens is 2. The molecule has 1 heterocycles. The smallest absolute Gasteiger partial charge is 0.0678 e. The van der Waals surface area contributed by atoms with Crippen LogP contribution in [0.15, 0.2) is 34.9 Å². The Morgan fingerprint density at radius 2 is 2.18 bits per heavy atom. The predicted molar refractivity (Wildman–Crippen MR) is 73.4 cm³/mol. The first-order chi connectivity index (χ1) is 8.06. The van der Waals surface area contributed by atoms with Crippen LogP contribution in [0.4, 0.5) is 0 Å². The van der Waals surface area contributed by atoms with E-state index in [1.54, 1.807) is 0 Å². The molecule has 0 fully saturated rings. The Bertz CT molecular complexity index is 517. The summed E-state index contributed by atoms with van der Waals surface area (Å²) in [5.74, 6) is 0. The SMILES string of the molecule is Cc1ccn(-c2ccc(Br)cc2CC(C)N)n1. The second-order valence-corrected chi connectivity index (χ2v) is 5.27. The van der Waals surface area contributed by atoms with Crippen LogP contribution in [-0.2, 0) is 6.42 Å². The molecular formula is C13H16BrN3. The molecule has 0 amide bonds. The highest BCUT2D eigenvalue weighted by molar-refractivity contribution is 9.10. The van der Waals surface area contributed by atoms with Gasteiger partial charge in [0, 0.05) is 16.7 Å². The number of benzene rings is 1. The molecular weight excluding hydrogens is 278 g/mol. The van der Waals surface area contributed by atoms with Crippen molar-refractivity contribution in [2.45, 2.75) is 26.3 Å². The predicted octanol–water partition coefficient (Wildman–Crippen LogP) is 2.83. The van der Waals surface area contributed by atoms with Crippen molar-refractivity contribution in [2.75, 3.05) is 0 Å². The molecule has 1 aromatic carbocycles. The number of hydrogen-bond acceptors (Lipinski definition) is 2. The first kappa shape index (κ1) is 12.3. The normalized spacial score (nSPS) is 12.7. The molecule has 2 rings (SSSR count). The number of rotatable bonds is 3. The summed E-state index contributed by atoms with van der Waals surface area (Å²) in [5, 5.41) is 4.44. The molecule has 0 bridgehead atoms. The molecule has 90 valence electrons. The fraction of sp³-hybridized carbons (Fsp3) is 0.308. The van der Waals surface area contributed by atoms with E-state index in [4.69, 9.17) is 5.73 Å². The van der Waals surface area contributed by atoms with Gasteiger partial charge in [0.05, 0.1) is 11.4 Å². The van der Waals surface area contributed by atoms with Gasteiger partial charge in [-0.05, 0) is 50.1 Å². The van der Waals surface area contributed by atoms with E-state index in [1.807, 2.05) is 36.9 Å². The summed E-state index contributed by atoms with van der Waals surface area (Å²) in [6.45, 7) is 4.00. The number of nitrogens with zero attached hydrogens (tertiary/aromatic N) is 2. The molecule has 2 aromatic rings. The van der Waals surface area contributed by atoms with Crippen molar-refractivity contribution in [3.05, 3.63) is 46.2 Å². The third-order valence-corrected chi connectivity index (χ3v) is 3.05. The Kier molecular flexibility index (Phi) is 3.64. The van der Waals surface area contributed by atoms with Crippen LogP contribution in [0.1, 0.15) is 18.2 Å². The van der Waals surface area contributed by atoms with E-state index < -0.39 is 0 Å². The Labute approximate surface area is 110 Å². The summed E-state index contributed by atoms with van der Waals surface area (Å²) < 4.78 is 2.97. The molecule has 4 heteroatoms. The van der Waals surface area contributed by atoms with Crippen molar-refractivity contribution < 1.29 is 0 Å². The zero-order chi connectivity index (χ0) is 12.4. The van der Waals surface area contributed by atoms with E-state index >= 15 is 0 Å². The van der Waals surface area contributed by atoms with Gasteiger partial charge < -0.3 is 5.73 Å². The molecule has 0 aliphatic rings. The molecule has 0 saturated heterocycles.